The molecule has 3 rings (SSSR count). The molecule has 0 bridgehead atoms. The minimum absolute atomic E-state index is 0.180. The second-order valence-corrected chi connectivity index (χ2v) is 5.67. The van der Waals surface area contributed by atoms with E-state index in [2.05, 4.69) is 6.29 Å². The highest BCUT2D eigenvalue weighted by Gasteiger charge is 2.42. The molecule has 2 nitrogen and oxygen atoms in total. The van der Waals surface area contributed by atoms with Crippen molar-refractivity contribution in [3.8, 4) is 0 Å². The maximum atomic E-state index is 13.2. The van der Waals surface area contributed by atoms with Crippen LogP contribution in [-0.2, 0) is 21.4 Å². The van der Waals surface area contributed by atoms with Gasteiger partial charge in [-0.1, -0.05) is 91.0 Å². The lowest BCUT2D eigenvalue weighted by Crippen LogP contribution is -2.40. The van der Waals surface area contributed by atoms with Gasteiger partial charge in [0.2, 0.25) is 6.29 Å². The highest BCUT2D eigenvalue weighted by atomic mass is 16.1. The van der Waals surface area contributed by atoms with Gasteiger partial charge in [-0.05, 0) is 16.7 Å². The van der Waals surface area contributed by atoms with Crippen molar-refractivity contribution in [1.29, 1.82) is 0 Å². The summed E-state index contributed by atoms with van der Waals surface area (Å²) in [6, 6.07) is 27.8. The molecule has 0 heterocycles. The SMILES string of the molecule is O=[C]C(C(=O)Cc1ccccc1)(c1ccccc1)c1ccccc1. The fourth-order valence-corrected chi connectivity index (χ4v) is 2.95. The number of ketones is 1. The Morgan fingerprint density at radius 2 is 1.12 bits per heavy atom. The van der Waals surface area contributed by atoms with Crippen molar-refractivity contribution in [3.05, 3.63) is 108 Å². The first-order chi connectivity index (χ1) is 11.8. The van der Waals surface area contributed by atoms with E-state index in [-0.39, 0.29) is 12.2 Å². The third kappa shape index (κ3) is 2.91. The molecule has 1 radical (unpaired) electrons. The van der Waals surface area contributed by atoms with Gasteiger partial charge < -0.3 is 0 Å². The van der Waals surface area contributed by atoms with Gasteiger partial charge in [0.05, 0.1) is 0 Å². The molecule has 0 spiro atoms. The summed E-state index contributed by atoms with van der Waals surface area (Å²) in [7, 11) is 0. The van der Waals surface area contributed by atoms with Crippen molar-refractivity contribution in [2.75, 3.05) is 0 Å². The quantitative estimate of drug-likeness (QED) is 0.647. The average molecular weight is 313 g/mol. The molecule has 0 amide bonds. The predicted octanol–water partition coefficient (Wildman–Crippen LogP) is 3.89. The molecule has 24 heavy (non-hydrogen) atoms. The highest BCUT2D eigenvalue weighted by molar-refractivity contribution is 6.09. The number of carbonyl (C=O) groups excluding carboxylic acids is 2. The summed E-state index contributed by atoms with van der Waals surface area (Å²) >= 11 is 0. The summed E-state index contributed by atoms with van der Waals surface area (Å²) in [6.07, 6.45) is 2.25. The molecule has 0 fully saturated rings. The van der Waals surface area contributed by atoms with Gasteiger partial charge in [-0.15, -0.1) is 0 Å². The summed E-state index contributed by atoms with van der Waals surface area (Å²) in [5.41, 5.74) is 0.770. The van der Waals surface area contributed by atoms with Gasteiger partial charge in [0, 0.05) is 6.42 Å². The Hall–Kier alpha value is -3.00. The number of hydrogen-bond donors (Lipinski definition) is 0. The van der Waals surface area contributed by atoms with E-state index in [4.69, 9.17) is 0 Å². The molecular formula is C22H17O2. The smallest absolute Gasteiger partial charge is 0.222 e. The molecule has 3 aromatic carbocycles. The number of carbonyl (C=O) groups is 1. The maximum Gasteiger partial charge on any atom is 0.222 e. The summed E-state index contributed by atoms with van der Waals surface area (Å²) in [6.45, 7) is 0. The van der Waals surface area contributed by atoms with E-state index < -0.39 is 5.41 Å². The Morgan fingerprint density at radius 1 is 0.708 bits per heavy atom. The van der Waals surface area contributed by atoms with Crippen LogP contribution in [-0.4, -0.2) is 12.1 Å². The van der Waals surface area contributed by atoms with Crippen LogP contribution in [0.5, 0.6) is 0 Å². The van der Waals surface area contributed by atoms with E-state index in [0.29, 0.717) is 11.1 Å². The van der Waals surface area contributed by atoms with Crippen molar-refractivity contribution in [3.63, 3.8) is 0 Å². The minimum atomic E-state index is -1.40. The molecule has 0 unspecified atom stereocenters. The normalized spacial score (nSPS) is 11.0. The molecule has 0 N–H and O–H groups in total. The number of benzene rings is 3. The van der Waals surface area contributed by atoms with Crippen LogP contribution in [0.15, 0.2) is 91.0 Å². The third-order valence-electron chi connectivity index (χ3n) is 4.19. The first-order valence-electron chi connectivity index (χ1n) is 7.85. The largest absolute Gasteiger partial charge is 0.297 e. The van der Waals surface area contributed by atoms with E-state index >= 15 is 0 Å². The molecule has 0 saturated carbocycles. The lowest BCUT2D eigenvalue weighted by molar-refractivity contribution is -0.120. The van der Waals surface area contributed by atoms with Crippen LogP contribution < -0.4 is 0 Å². The van der Waals surface area contributed by atoms with Crippen LogP contribution in [0.1, 0.15) is 16.7 Å². The van der Waals surface area contributed by atoms with Gasteiger partial charge in [-0.25, -0.2) is 0 Å². The zero-order valence-corrected chi connectivity index (χ0v) is 13.2. The molecule has 2 heteroatoms. The van der Waals surface area contributed by atoms with Crippen molar-refractivity contribution < 1.29 is 9.59 Å². The van der Waals surface area contributed by atoms with Gasteiger partial charge in [-0.3, -0.25) is 9.59 Å². The van der Waals surface area contributed by atoms with E-state index in [1.54, 1.807) is 24.3 Å². The molecule has 0 aliphatic carbocycles. The monoisotopic (exact) mass is 313 g/mol. The van der Waals surface area contributed by atoms with Crippen molar-refractivity contribution in [2.45, 2.75) is 11.8 Å². The molecule has 0 aliphatic rings. The Labute approximate surface area is 141 Å². The van der Waals surface area contributed by atoms with E-state index in [9.17, 15) is 9.59 Å². The predicted molar refractivity (Wildman–Crippen MR) is 94.5 cm³/mol. The van der Waals surface area contributed by atoms with Gasteiger partial charge >= 0.3 is 0 Å². The topological polar surface area (TPSA) is 34.1 Å². The lowest BCUT2D eigenvalue weighted by atomic mass is 9.71. The lowest BCUT2D eigenvalue weighted by Gasteiger charge is -2.27. The zero-order valence-electron chi connectivity index (χ0n) is 13.2. The van der Waals surface area contributed by atoms with Crippen LogP contribution in [0.2, 0.25) is 0 Å². The first-order valence-corrected chi connectivity index (χ1v) is 7.85. The number of Topliss-reactive ketones (excluding diaryl/α,β-unsaturated/α-hetero) is 1. The Kier molecular flexibility index (Phi) is 4.66. The molecule has 0 atom stereocenters. The molecule has 3 aromatic rings. The van der Waals surface area contributed by atoms with Crippen molar-refractivity contribution >= 4 is 12.1 Å². The third-order valence-corrected chi connectivity index (χ3v) is 4.19. The van der Waals surface area contributed by atoms with Crippen LogP contribution in [0.4, 0.5) is 0 Å². The summed E-state index contributed by atoms with van der Waals surface area (Å²) < 4.78 is 0. The zero-order chi connectivity index (χ0) is 16.8. The number of rotatable bonds is 6. The van der Waals surface area contributed by atoms with Crippen LogP contribution in [0.3, 0.4) is 0 Å². The fourth-order valence-electron chi connectivity index (χ4n) is 2.95. The highest BCUT2D eigenvalue weighted by Crippen LogP contribution is 2.32. The second-order valence-electron chi connectivity index (χ2n) is 5.67. The first kappa shape index (κ1) is 15.9. The van der Waals surface area contributed by atoms with Gasteiger partial charge in [-0.2, -0.15) is 0 Å². The Bertz CT molecular complexity index is 769. The maximum absolute atomic E-state index is 13.2. The second kappa shape index (κ2) is 7.05. The summed E-state index contributed by atoms with van der Waals surface area (Å²) in [4.78, 5) is 25.3. The standard InChI is InChI=1S/C22H17O2/c23-17-22(19-12-6-2-7-13-19,20-14-8-3-9-15-20)21(24)16-18-10-4-1-5-11-18/h1-15H,16H2. The molecule has 0 aliphatic heterocycles. The summed E-state index contributed by atoms with van der Waals surface area (Å²) in [5, 5.41) is 0. The fraction of sp³-hybridized carbons (Fsp3) is 0.0909. The Morgan fingerprint density at radius 3 is 1.54 bits per heavy atom. The van der Waals surface area contributed by atoms with Gasteiger partial charge in [0.25, 0.3) is 0 Å². The van der Waals surface area contributed by atoms with E-state index in [0.717, 1.165) is 5.56 Å². The molecule has 0 saturated heterocycles. The van der Waals surface area contributed by atoms with Crippen molar-refractivity contribution in [2.24, 2.45) is 0 Å². The van der Waals surface area contributed by atoms with Gasteiger partial charge in [0.1, 0.15) is 5.41 Å². The average Bonchev–Trinajstić information content (AvgIpc) is 2.65. The van der Waals surface area contributed by atoms with Crippen LogP contribution >= 0.6 is 0 Å². The summed E-state index contributed by atoms with van der Waals surface area (Å²) in [5.74, 6) is -0.180. The molecular weight excluding hydrogens is 296 g/mol. The van der Waals surface area contributed by atoms with Gasteiger partial charge in [0.15, 0.2) is 5.78 Å². The molecule has 0 aromatic heterocycles. The Balaban J connectivity index is 2.11. The van der Waals surface area contributed by atoms with Crippen molar-refractivity contribution in [1.82, 2.24) is 0 Å². The minimum Gasteiger partial charge on any atom is -0.297 e. The van der Waals surface area contributed by atoms with Crippen LogP contribution in [0.25, 0.3) is 0 Å². The number of hydrogen-bond acceptors (Lipinski definition) is 2. The van der Waals surface area contributed by atoms with E-state index in [1.807, 2.05) is 66.7 Å². The molecule has 117 valence electrons. The van der Waals surface area contributed by atoms with Crippen LogP contribution in [0, 0.1) is 0 Å². The van der Waals surface area contributed by atoms with E-state index in [1.165, 1.54) is 0 Å².